The van der Waals surface area contributed by atoms with E-state index in [0.717, 1.165) is 24.1 Å². The van der Waals surface area contributed by atoms with Gasteiger partial charge in [0.2, 0.25) is 5.91 Å². The van der Waals surface area contributed by atoms with Crippen LogP contribution < -0.4 is 5.32 Å². The van der Waals surface area contributed by atoms with Crippen LogP contribution in [-0.2, 0) is 14.9 Å². The number of amides is 1. The monoisotopic (exact) mass is 433 g/mol. The summed E-state index contributed by atoms with van der Waals surface area (Å²) >= 11 is 0. The molecule has 2 N–H and O–H groups in total. The maximum Gasteiger partial charge on any atom is 0.354 e. The van der Waals surface area contributed by atoms with E-state index in [2.05, 4.69) is 10.3 Å². The fraction of sp³-hybridized carbons (Fsp3) is 0.360. The molecular weight excluding hydrogens is 409 g/mol. The van der Waals surface area contributed by atoms with E-state index in [1.54, 1.807) is 0 Å². The van der Waals surface area contributed by atoms with Gasteiger partial charge in [0.15, 0.2) is 0 Å². The highest BCUT2D eigenvalue weighted by molar-refractivity contribution is 6.01. The Labute approximate surface area is 184 Å². The van der Waals surface area contributed by atoms with Gasteiger partial charge in [0, 0.05) is 34.6 Å². The summed E-state index contributed by atoms with van der Waals surface area (Å²) in [5.74, 6) is -0.624. The summed E-state index contributed by atoms with van der Waals surface area (Å²) in [7, 11) is 1.35. The summed E-state index contributed by atoms with van der Waals surface area (Å²) in [6.07, 6.45) is 2.13. The first-order chi connectivity index (χ1) is 15.5. The Morgan fingerprint density at radius 1 is 1.22 bits per heavy atom. The average molecular weight is 433 g/mol. The summed E-state index contributed by atoms with van der Waals surface area (Å²) in [5.41, 5.74) is 3.71. The van der Waals surface area contributed by atoms with Crippen LogP contribution in [0.15, 0.2) is 36.4 Å². The predicted molar refractivity (Wildman–Crippen MR) is 118 cm³/mol. The van der Waals surface area contributed by atoms with E-state index in [1.807, 2.05) is 36.1 Å². The molecule has 1 saturated heterocycles. The number of methoxy groups -OCH3 is 1. The Kier molecular flexibility index (Phi) is 3.97. The Morgan fingerprint density at radius 2 is 2.00 bits per heavy atom. The minimum atomic E-state index is -0.691. The predicted octanol–water partition coefficient (Wildman–Crippen LogP) is 4.08. The molecule has 6 rings (SSSR count). The third kappa shape index (κ3) is 2.45. The van der Waals surface area contributed by atoms with Crippen molar-refractivity contribution in [2.75, 3.05) is 19.0 Å². The second-order valence-electron chi connectivity index (χ2n) is 9.13. The van der Waals surface area contributed by atoms with Crippen LogP contribution in [0, 0.1) is 18.7 Å². The molecule has 3 heterocycles. The fourth-order valence-corrected chi connectivity index (χ4v) is 5.80. The van der Waals surface area contributed by atoms with E-state index < -0.39 is 11.4 Å². The van der Waals surface area contributed by atoms with Gasteiger partial charge in [0.05, 0.1) is 12.5 Å². The minimum absolute atomic E-state index is 0.0825. The highest BCUT2D eigenvalue weighted by Gasteiger charge is 2.59. The molecule has 1 aromatic heterocycles. The summed E-state index contributed by atoms with van der Waals surface area (Å²) in [5, 5.41) is 4.22. The Bertz CT molecular complexity index is 1300. The number of likely N-dealkylation sites (tertiary alicyclic amines) is 1. The van der Waals surface area contributed by atoms with E-state index in [4.69, 9.17) is 4.74 Å². The Hall–Kier alpha value is -3.35. The molecule has 1 aliphatic carbocycles. The molecule has 164 valence electrons. The molecule has 3 aromatic rings. The summed E-state index contributed by atoms with van der Waals surface area (Å²) in [4.78, 5) is 31.3. The molecule has 32 heavy (non-hydrogen) atoms. The lowest BCUT2D eigenvalue weighted by molar-refractivity contribution is -0.133. The average Bonchev–Trinajstić information content (AvgIpc) is 3.36. The number of anilines is 1. The zero-order chi connectivity index (χ0) is 22.2. The summed E-state index contributed by atoms with van der Waals surface area (Å²) in [6, 6.07) is 10.9. The highest BCUT2D eigenvalue weighted by Crippen LogP contribution is 2.56. The maximum absolute atomic E-state index is 14.6. The number of aromatic nitrogens is 1. The minimum Gasteiger partial charge on any atom is -0.464 e. The lowest BCUT2D eigenvalue weighted by Crippen LogP contribution is -2.47. The van der Waals surface area contributed by atoms with E-state index in [9.17, 15) is 14.0 Å². The van der Waals surface area contributed by atoms with Crippen LogP contribution in [0.1, 0.15) is 46.4 Å². The second kappa shape index (κ2) is 6.58. The number of esters is 1. The number of rotatable bonds is 3. The van der Waals surface area contributed by atoms with Crippen molar-refractivity contribution >= 4 is 28.5 Å². The Morgan fingerprint density at radius 3 is 2.75 bits per heavy atom. The van der Waals surface area contributed by atoms with Crippen molar-refractivity contribution in [1.29, 1.82) is 0 Å². The molecule has 1 amide bonds. The van der Waals surface area contributed by atoms with Crippen molar-refractivity contribution in [3.05, 3.63) is 64.6 Å². The first kappa shape index (κ1) is 19.3. The molecule has 2 atom stereocenters. The molecule has 3 aliphatic rings. The number of halogens is 1. The quantitative estimate of drug-likeness (QED) is 0.611. The zero-order valence-corrected chi connectivity index (χ0v) is 18.0. The van der Waals surface area contributed by atoms with Gasteiger partial charge in [-0.1, -0.05) is 18.2 Å². The molecule has 0 spiro atoms. The third-order valence-corrected chi connectivity index (χ3v) is 7.34. The maximum atomic E-state index is 14.6. The van der Waals surface area contributed by atoms with Crippen molar-refractivity contribution in [1.82, 2.24) is 9.88 Å². The number of hydrogen-bond donors (Lipinski definition) is 2. The molecule has 0 radical (unpaired) electrons. The number of carbonyl (C=O) groups is 2. The van der Waals surface area contributed by atoms with Gasteiger partial charge in [-0.05, 0) is 55.5 Å². The molecule has 7 heteroatoms. The van der Waals surface area contributed by atoms with Crippen LogP contribution in [-0.4, -0.2) is 41.6 Å². The van der Waals surface area contributed by atoms with Crippen molar-refractivity contribution in [2.45, 2.75) is 37.8 Å². The number of nitrogens with zero attached hydrogens (tertiary/aromatic N) is 1. The number of hydrogen-bond acceptors (Lipinski definition) is 4. The molecule has 2 fully saturated rings. The number of nitrogens with one attached hydrogen (secondary N) is 2. The van der Waals surface area contributed by atoms with Gasteiger partial charge in [-0.2, -0.15) is 0 Å². The second-order valence-corrected chi connectivity index (χ2v) is 9.13. The SMILES string of the molecule is COC(=O)c1[nH]c2c(C)cc(F)cc2c1C12CCN(C(=O)C3CC3)C1Nc1ccccc12. The van der Waals surface area contributed by atoms with Crippen molar-refractivity contribution in [2.24, 2.45) is 5.92 Å². The van der Waals surface area contributed by atoms with Crippen LogP contribution in [0.3, 0.4) is 0 Å². The number of aromatic amines is 1. The van der Waals surface area contributed by atoms with Gasteiger partial charge >= 0.3 is 5.97 Å². The van der Waals surface area contributed by atoms with E-state index in [0.29, 0.717) is 40.7 Å². The standard InChI is InChI=1S/C25H24FN3O3/c1-13-11-15(26)12-16-19(21(23(31)32-2)28-20(13)16)25-9-10-29(22(30)14-7-8-14)24(25)27-18-6-4-3-5-17(18)25/h3-6,11-12,14,24,27-28H,7-10H2,1-2H3. The lowest BCUT2D eigenvalue weighted by atomic mass is 9.72. The van der Waals surface area contributed by atoms with Crippen molar-refractivity contribution < 1.29 is 18.7 Å². The normalized spacial score (nSPS) is 23.7. The van der Waals surface area contributed by atoms with Gasteiger partial charge < -0.3 is 19.9 Å². The molecule has 6 nitrogen and oxygen atoms in total. The van der Waals surface area contributed by atoms with Crippen LogP contribution in [0.5, 0.6) is 0 Å². The number of benzene rings is 2. The van der Waals surface area contributed by atoms with E-state index in [-0.39, 0.29) is 23.8 Å². The third-order valence-electron chi connectivity index (χ3n) is 7.34. The summed E-state index contributed by atoms with van der Waals surface area (Å²) in [6.45, 7) is 2.39. The first-order valence-electron chi connectivity index (χ1n) is 11.0. The molecule has 0 bridgehead atoms. The number of H-pyrrole nitrogens is 1. The van der Waals surface area contributed by atoms with Crippen LogP contribution in [0.2, 0.25) is 0 Å². The largest absolute Gasteiger partial charge is 0.464 e. The smallest absolute Gasteiger partial charge is 0.354 e. The first-order valence-corrected chi connectivity index (χ1v) is 11.0. The molecule has 2 aliphatic heterocycles. The summed E-state index contributed by atoms with van der Waals surface area (Å²) < 4.78 is 19.7. The molecule has 1 saturated carbocycles. The molecule has 2 unspecified atom stereocenters. The van der Waals surface area contributed by atoms with Gasteiger partial charge in [-0.3, -0.25) is 4.79 Å². The fourth-order valence-electron chi connectivity index (χ4n) is 5.80. The molecular formula is C25H24FN3O3. The van der Waals surface area contributed by atoms with Gasteiger partial charge in [-0.15, -0.1) is 0 Å². The van der Waals surface area contributed by atoms with Gasteiger partial charge in [0.1, 0.15) is 17.7 Å². The Balaban J connectivity index is 1.66. The van der Waals surface area contributed by atoms with Crippen molar-refractivity contribution in [3.8, 4) is 0 Å². The van der Waals surface area contributed by atoms with Crippen LogP contribution in [0.25, 0.3) is 10.9 Å². The van der Waals surface area contributed by atoms with Crippen LogP contribution >= 0.6 is 0 Å². The lowest BCUT2D eigenvalue weighted by Gasteiger charge is -2.33. The molecule has 2 aromatic carbocycles. The van der Waals surface area contributed by atoms with Gasteiger partial charge in [-0.25, -0.2) is 9.18 Å². The van der Waals surface area contributed by atoms with Crippen LogP contribution in [0.4, 0.5) is 10.1 Å². The number of carbonyl (C=O) groups excluding carboxylic acids is 2. The highest BCUT2D eigenvalue weighted by atomic mass is 19.1. The number of aryl methyl sites for hydroxylation is 1. The topological polar surface area (TPSA) is 74.4 Å². The zero-order valence-electron chi connectivity index (χ0n) is 18.0. The number of para-hydroxylation sites is 1. The van der Waals surface area contributed by atoms with Gasteiger partial charge in [0.25, 0.3) is 0 Å². The number of fused-ring (bicyclic) bond motifs is 4. The van der Waals surface area contributed by atoms with Crippen molar-refractivity contribution in [3.63, 3.8) is 0 Å². The van der Waals surface area contributed by atoms with E-state index >= 15 is 0 Å². The number of ether oxygens (including phenoxy) is 1. The van der Waals surface area contributed by atoms with E-state index in [1.165, 1.54) is 19.2 Å².